The summed E-state index contributed by atoms with van der Waals surface area (Å²) in [4.78, 5) is 16.3. The average molecular weight is 499 g/mol. The molecule has 6 nitrogen and oxygen atoms in total. The Bertz CT molecular complexity index is 899. The van der Waals surface area contributed by atoms with Crippen LogP contribution in [0.15, 0.2) is 33.1 Å². The summed E-state index contributed by atoms with van der Waals surface area (Å²) in [5, 5.41) is 5.05. The number of thiazole rings is 1. The van der Waals surface area contributed by atoms with E-state index in [9.17, 15) is 13.2 Å². The van der Waals surface area contributed by atoms with Gasteiger partial charge in [-0.05, 0) is 25.0 Å². The number of nitrogens with zero attached hydrogens (tertiary/aromatic N) is 2. The average Bonchev–Trinajstić information content (AvgIpc) is 3.06. The molecule has 2 aromatic rings. The number of carbonyl (C=O) groups is 1. The normalized spacial score (nSPS) is 18.7. The molecule has 1 aromatic heterocycles. The van der Waals surface area contributed by atoms with Crippen LogP contribution in [0.3, 0.4) is 0 Å². The highest BCUT2D eigenvalue weighted by Gasteiger charge is 2.35. The highest BCUT2D eigenvalue weighted by Crippen LogP contribution is 2.36. The van der Waals surface area contributed by atoms with Crippen LogP contribution < -0.4 is 5.32 Å². The van der Waals surface area contributed by atoms with Gasteiger partial charge in [0.25, 0.3) is 0 Å². The lowest BCUT2D eigenvalue weighted by atomic mass is 9.99. The molecule has 2 heterocycles. The highest BCUT2D eigenvalue weighted by atomic mass is 79.9. The van der Waals surface area contributed by atoms with Gasteiger partial charge in [-0.1, -0.05) is 39.1 Å². The number of aromatic nitrogens is 1. The minimum atomic E-state index is -3.91. The molecule has 1 amide bonds. The molecule has 0 saturated carbocycles. The fraction of sp³-hybridized carbons (Fsp3) is 0.333. The van der Waals surface area contributed by atoms with Gasteiger partial charge in [0.15, 0.2) is 5.13 Å². The molecule has 0 bridgehead atoms. The SMILES string of the molecule is O=C(Nc1nccs1)C1CCCN(S(=O)(=O)c2c(Cl)cc(Br)cc2Cl)C1. The van der Waals surface area contributed by atoms with Crippen molar-refractivity contribution < 1.29 is 13.2 Å². The summed E-state index contributed by atoms with van der Waals surface area (Å²) in [6, 6.07) is 2.97. The van der Waals surface area contributed by atoms with Crippen LogP contribution in [-0.2, 0) is 14.8 Å². The number of hydrogen-bond acceptors (Lipinski definition) is 5. The monoisotopic (exact) mass is 497 g/mol. The van der Waals surface area contributed by atoms with Gasteiger partial charge in [-0.15, -0.1) is 11.3 Å². The summed E-state index contributed by atoms with van der Waals surface area (Å²) in [6.07, 6.45) is 2.77. The minimum absolute atomic E-state index is 0.0405. The lowest BCUT2D eigenvalue weighted by Gasteiger charge is -2.31. The second-order valence-corrected chi connectivity index (χ2v) is 10.2. The Labute approximate surface area is 173 Å². The van der Waals surface area contributed by atoms with E-state index in [0.29, 0.717) is 29.0 Å². The maximum absolute atomic E-state index is 13.0. The van der Waals surface area contributed by atoms with Crippen molar-refractivity contribution in [2.24, 2.45) is 5.92 Å². The van der Waals surface area contributed by atoms with Crippen molar-refractivity contribution in [2.75, 3.05) is 18.4 Å². The molecule has 1 saturated heterocycles. The lowest BCUT2D eigenvalue weighted by molar-refractivity contribution is -0.120. The summed E-state index contributed by atoms with van der Waals surface area (Å²) in [6.45, 7) is 0.383. The van der Waals surface area contributed by atoms with Gasteiger partial charge in [0, 0.05) is 29.1 Å². The number of hydrogen-bond donors (Lipinski definition) is 1. The van der Waals surface area contributed by atoms with Crippen LogP contribution in [0.4, 0.5) is 5.13 Å². The van der Waals surface area contributed by atoms with Crippen LogP contribution in [-0.4, -0.2) is 36.7 Å². The first-order valence-corrected chi connectivity index (χ1v) is 11.5. The number of anilines is 1. The summed E-state index contributed by atoms with van der Waals surface area (Å²) >= 11 is 16.8. The second-order valence-electron chi connectivity index (χ2n) is 5.73. The smallest absolute Gasteiger partial charge is 0.246 e. The Balaban J connectivity index is 1.81. The highest BCUT2D eigenvalue weighted by molar-refractivity contribution is 9.10. The van der Waals surface area contributed by atoms with Crippen molar-refractivity contribution in [3.8, 4) is 0 Å². The molecule has 1 aliphatic heterocycles. The van der Waals surface area contributed by atoms with E-state index in [1.807, 2.05) is 0 Å². The molecular weight excluding hydrogens is 485 g/mol. The van der Waals surface area contributed by atoms with Gasteiger partial charge < -0.3 is 5.32 Å². The van der Waals surface area contributed by atoms with E-state index in [4.69, 9.17) is 23.2 Å². The van der Waals surface area contributed by atoms with Crippen molar-refractivity contribution in [2.45, 2.75) is 17.7 Å². The summed E-state index contributed by atoms with van der Waals surface area (Å²) in [7, 11) is -3.91. The summed E-state index contributed by atoms with van der Waals surface area (Å²) < 4.78 is 27.9. The van der Waals surface area contributed by atoms with Crippen LogP contribution in [0, 0.1) is 5.92 Å². The van der Waals surface area contributed by atoms with Crippen molar-refractivity contribution >= 4 is 71.5 Å². The van der Waals surface area contributed by atoms with E-state index in [0.717, 1.165) is 0 Å². The third-order valence-electron chi connectivity index (χ3n) is 3.98. The predicted molar refractivity (Wildman–Crippen MR) is 106 cm³/mol. The number of benzene rings is 1. The van der Waals surface area contributed by atoms with Gasteiger partial charge in [-0.2, -0.15) is 4.31 Å². The van der Waals surface area contributed by atoms with Crippen LogP contribution in [0.1, 0.15) is 12.8 Å². The van der Waals surface area contributed by atoms with Crippen molar-refractivity contribution in [3.05, 3.63) is 38.2 Å². The van der Waals surface area contributed by atoms with E-state index in [1.54, 1.807) is 11.6 Å². The molecule has 3 rings (SSSR count). The fourth-order valence-electron chi connectivity index (χ4n) is 2.77. The number of halogens is 3. The third kappa shape index (κ3) is 4.23. The Hall–Kier alpha value is -0.710. The largest absolute Gasteiger partial charge is 0.302 e. The van der Waals surface area contributed by atoms with Crippen molar-refractivity contribution in [1.29, 1.82) is 0 Å². The summed E-state index contributed by atoms with van der Waals surface area (Å²) in [5.74, 6) is -0.705. The van der Waals surface area contributed by atoms with Gasteiger partial charge in [0.05, 0.1) is 16.0 Å². The van der Waals surface area contributed by atoms with Crippen LogP contribution in [0.5, 0.6) is 0 Å². The third-order valence-corrected chi connectivity index (χ3v) is 7.91. The molecule has 1 aromatic carbocycles. The Kier molecular flexibility index (Phi) is 6.25. The number of sulfonamides is 1. The van der Waals surface area contributed by atoms with Gasteiger partial charge in [0.1, 0.15) is 4.90 Å². The molecule has 1 N–H and O–H groups in total. The number of rotatable bonds is 4. The van der Waals surface area contributed by atoms with E-state index in [-0.39, 0.29) is 27.4 Å². The molecule has 0 aliphatic carbocycles. The van der Waals surface area contributed by atoms with Crippen molar-refractivity contribution in [1.82, 2.24) is 9.29 Å². The topological polar surface area (TPSA) is 79.4 Å². The first-order chi connectivity index (χ1) is 12.3. The number of carbonyl (C=O) groups excluding carboxylic acids is 1. The quantitative estimate of drug-likeness (QED) is 0.683. The number of nitrogens with one attached hydrogen (secondary N) is 1. The lowest BCUT2D eigenvalue weighted by Crippen LogP contribution is -2.43. The molecule has 1 atom stereocenters. The maximum Gasteiger partial charge on any atom is 0.246 e. The first kappa shape index (κ1) is 20.0. The molecule has 1 fully saturated rings. The van der Waals surface area contributed by atoms with Crippen LogP contribution in [0.25, 0.3) is 0 Å². The zero-order chi connectivity index (χ0) is 18.9. The predicted octanol–water partition coefficient (Wildman–Crippen LogP) is 4.25. The van der Waals surface area contributed by atoms with Gasteiger partial charge in [-0.3, -0.25) is 4.79 Å². The van der Waals surface area contributed by atoms with Crippen LogP contribution in [0.2, 0.25) is 10.0 Å². The fourth-order valence-corrected chi connectivity index (χ4v) is 6.71. The Morgan fingerprint density at radius 2 is 2.04 bits per heavy atom. The number of piperidine rings is 1. The molecule has 1 aliphatic rings. The van der Waals surface area contributed by atoms with E-state index in [1.165, 1.54) is 27.8 Å². The summed E-state index contributed by atoms with van der Waals surface area (Å²) in [5.41, 5.74) is 0. The Morgan fingerprint density at radius 1 is 1.35 bits per heavy atom. The van der Waals surface area contributed by atoms with Gasteiger partial charge >= 0.3 is 0 Å². The van der Waals surface area contributed by atoms with Gasteiger partial charge in [0.2, 0.25) is 15.9 Å². The second kappa shape index (κ2) is 8.12. The zero-order valence-corrected chi connectivity index (χ0v) is 18.0. The molecule has 26 heavy (non-hydrogen) atoms. The van der Waals surface area contributed by atoms with E-state index < -0.39 is 15.9 Å². The molecule has 11 heteroatoms. The molecule has 0 spiro atoms. The Morgan fingerprint density at radius 3 is 2.65 bits per heavy atom. The maximum atomic E-state index is 13.0. The van der Waals surface area contributed by atoms with E-state index in [2.05, 4.69) is 26.2 Å². The first-order valence-electron chi connectivity index (χ1n) is 7.64. The van der Waals surface area contributed by atoms with Crippen LogP contribution >= 0.6 is 50.5 Å². The zero-order valence-electron chi connectivity index (χ0n) is 13.3. The standard InChI is InChI=1S/C15H14BrCl2N3O3S2/c16-10-6-11(17)13(12(18)7-10)26(23,24)21-4-1-2-9(8-21)14(22)20-15-19-3-5-25-15/h3,5-7,9H,1-2,4,8H2,(H,19,20,22). The van der Waals surface area contributed by atoms with Crippen molar-refractivity contribution in [3.63, 3.8) is 0 Å². The molecule has 140 valence electrons. The van der Waals surface area contributed by atoms with E-state index >= 15 is 0 Å². The molecular formula is C15H14BrCl2N3O3S2. The minimum Gasteiger partial charge on any atom is -0.302 e. The molecule has 0 radical (unpaired) electrons. The number of amides is 1. The molecule has 1 unspecified atom stereocenters. The van der Waals surface area contributed by atoms with Gasteiger partial charge in [-0.25, -0.2) is 13.4 Å².